The van der Waals surface area contributed by atoms with Crippen LogP contribution in [0.1, 0.15) is 329 Å². The predicted molar refractivity (Wildman–Crippen MR) is 417 cm³/mol. The third-order valence-electron chi connectivity index (χ3n) is 16.7. The van der Waals surface area contributed by atoms with E-state index in [2.05, 4.69) is 124 Å². The molecule has 0 saturated carbocycles. The Labute approximate surface area is 614 Å². The summed E-state index contributed by atoms with van der Waals surface area (Å²) in [6.45, 7) is 2.45. The van der Waals surface area contributed by atoms with Gasteiger partial charge < -0.3 is 34.2 Å². The van der Waals surface area contributed by atoms with Crippen molar-refractivity contribution >= 4 is 33.6 Å². The van der Waals surface area contributed by atoms with Gasteiger partial charge in [-0.3, -0.25) is 32.5 Å². The molecule has 0 aromatic carbocycles. The molecule has 0 aliphatic carbocycles. The van der Waals surface area contributed by atoms with Crippen molar-refractivity contribution in [3.05, 3.63) is 122 Å². The van der Waals surface area contributed by atoms with Crippen molar-refractivity contribution in [3.63, 3.8) is 0 Å². The monoisotopic (exact) mass is 1460 g/mol. The molecule has 0 bridgehead atoms. The molecule has 0 rings (SSSR count). The van der Waals surface area contributed by atoms with E-state index in [9.17, 15) is 43.5 Å². The van der Waals surface area contributed by atoms with Crippen LogP contribution in [-0.2, 0) is 55.8 Å². The van der Waals surface area contributed by atoms with E-state index >= 15 is 0 Å². The van der Waals surface area contributed by atoms with Crippen LogP contribution in [0.15, 0.2) is 122 Å². The maximum atomic E-state index is 12.9. The highest BCUT2D eigenvalue weighted by Gasteiger charge is 2.29. The lowest BCUT2D eigenvalue weighted by Gasteiger charge is -2.21. The number of ether oxygens (including phenoxy) is 3. The van der Waals surface area contributed by atoms with Crippen molar-refractivity contribution in [3.8, 4) is 0 Å². The van der Waals surface area contributed by atoms with E-state index in [1.807, 2.05) is 18.2 Å². The summed E-state index contributed by atoms with van der Waals surface area (Å²) in [5.41, 5.74) is 0. The highest BCUT2D eigenvalue weighted by Crippen LogP contribution is 2.45. The molecule has 0 radical (unpaired) electrons. The third-order valence-corrected chi connectivity index (χ3v) is 18.6. The van der Waals surface area contributed by atoms with Gasteiger partial charge in [0.15, 0.2) is 6.10 Å². The van der Waals surface area contributed by atoms with Gasteiger partial charge in [-0.1, -0.05) is 328 Å². The molecule has 0 heterocycles. The summed E-state index contributed by atoms with van der Waals surface area (Å²) in [5, 5.41) is 20.6. The van der Waals surface area contributed by atoms with Gasteiger partial charge in [0.25, 0.3) is 0 Å². The van der Waals surface area contributed by atoms with E-state index in [1.54, 1.807) is 0 Å². The second kappa shape index (κ2) is 75.6. The number of rotatable bonds is 75. The minimum absolute atomic E-state index is 0.0454. The fraction of sp³-hybridized carbons (Fsp3) is 0.723. The number of phosphoric acid groups is 2. The van der Waals surface area contributed by atoms with Crippen LogP contribution in [0.2, 0.25) is 0 Å². The van der Waals surface area contributed by atoms with E-state index in [0.29, 0.717) is 25.7 Å². The second-order valence-corrected chi connectivity index (χ2v) is 29.4. The van der Waals surface area contributed by atoms with E-state index in [-0.39, 0.29) is 19.3 Å². The van der Waals surface area contributed by atoms with Crippen LogP contribution in [0.25, 0.3) is 0 Å². The predicted octanol–water partition coefficient (Wildman–Crippen LogP) is 23.3. The summed E-state index contributed by atoms with van der Waals surface area (Å²) in [7, 11) is -9.80. The number of phosphoric ester groups is 2. The van der Waals surface area contributed by atoms with E-state index in [4.69, 9.17) is 32.3 Å². The number of esters is 3. The molecule has 101 heavy (non-hydrogen) atoms. The first-order valence-electron chi connectivity index (χ1n) is 39.8. The highest BCUT2D eigenvalue weighted by atomic mass is 31.2. The molecule has 0 saturated heterocycles. The molecule has 0 aromatic heterocycles. The quantitative estimate of drug-likeness (QED) is 0.0146. The normalized spacial score (nSPS) is 14.6. The van der Waals surface area contributed by atoms with Gasteiger partial charge in [0, 0.05) is 19.3 Å². The summed E-state index contributed by atoms with van der Waals surface area (Å²) >= 11 is 0. The molecule has 582 valence electrons. The first kappa shape index (κ1) is 97.0. The molecular formula is C83H144O16P2. The Morgan fingerprint density at radius 2 is 0.545 bits per heavy atom. The van der Waals surface area contributed by atoms with Crippen molar-refractivity contribution in [1.82, 2.24) is 0 Å². The molecule has 0 fully saturated rings. The zero-order valence-electron chi connectivity index (χ0n) is 63.5. The SMILES string of the molecule is CC/C=C\C/C=C\C/C=C\C/C=C\C/C=C\C/C=C\CCC(=O)OCC(COP(=O)(O)OCC(O)COP(=O)(O)OCC(O)COC(=O)CCCCCCCCCCCCCCCCCCCCC/C=C\C/C=C\C/C=C\C/C=C\CCCCC)OC(=O)CCCCCCCCCCCCC. The fourth-order valence-corrected chi connectivity index (χ4v) is 12.2. The Bertz CT molecular complexity index is 2320. The summed E-state index contributed by atoms with van der Waals surface area (Å²) in [6, 6.07) is 0. The average Bonchev–Trinajstić information content (AvgIpc) is 0.957. The van der Waals surface area contributed by atoms with E-state index in [1.165, 1.54) is 167 Å². The molecule has 5 atom stereocenters. The summed E-state index contributed by atoms with van der Waals surface area (Å²) in [4.78, 5) is 58.4. The number of carbonyl (C=O) groups excluding carboxylic acids is 3. The highest BCUT2D eigenvalue weighted by molar-refractivity contribution is 7.47. The van der Waals surface area contributed by atoms with Gasteiger partial charge in [0.1, 0.15) is 25.4 Å². The molecule has 0 amide bonds. The average molecular weight is 1460 g/mol. The maximum absolute atomic E-state index is 12.9. The number of aliphatic hydroxyl groups is 2. The number of hydrogen-bond acceptors (Lipinski definition) is 14. The number of hydrogen-bond donors (Lipinski definition) is 4. The van der Waals surface area contributed by atoms with Gasteiger partial charge in [0.05, 0.1) is 26.4 Å². The van der Waals surface area contributed by atoms with Crippen LogP contribution in [-0.4, -0.2) is 95.9 Å². The molecular weight excluding hydrogens is 1310 g/mol. The zero-order valence-corrected chi connectivity index (χ0v) is 65.3. The Balaban J connectivity index is 4.35. The number of unbranched alkanes of at least 4 members (excludes halogenated alkanes) is 32. The van der Waals surface area contributed by atoms with Gasteiger partial charge in [-0.15, -0.1) is 0 Å². The van der Waals surface area contributed by atoms with Crippen molar-refractivity contribution < 1.29 is 75.8 Å². The van der Waals surface area contributed by atoms with Gasteiger partial charge in [-0.05, 0) is 103 Å². The largest absolute Gasteiger partial charge is 0.472 e. The molecule has 0 spiro atoms. The number of aliphatic hydroxyl groups excluding tert-OH is 2. The second-order valence-electron chi connectivity index (χ2n) is 26.5. The Hall–Kier alpha value is -4.05. The van der Waals surface area contributed by atoms with Crippen LogP contribution < -0.4 is 0 Å². The first-order chi connectivity index (χ1) is 49.2. The summed E-state index contributed by atoms with van der Waals surface area (Å²) < 4.78 is 60.9. The number of carbonyl (C=O) groups is 3. The lowest BCUT2D eigenvalue weighted by Crippen LogP contribution is -2.30. The molecule has 16 nitrogen and oxygen atoms in total. The fourth-order valence-electron chi connectivity index (χ4n) is 10.6. The minimum Gasteiger partial charge on any atom is -0.463 e. The number of allylic oxidation sites excluding steroid dienone is 20. The molecule has 5 unspecified atom stereocenters. The lowest BCUT2D eigenvalue weighted by molar-refractivity contribution is -0.161. The summed E-state index contributed by atoms with van der Waals surface area (Å²) in [6.07, 6.45) is 90.2. The minimum atomic E-state index is -4.94. The van der Waals surface area contributed by atoms with Gasteiger partial charge in [0.2, 0.25) is 0 Å². The molecule has 0 aliphatic rings. The van der Waals surface area contributed by atoms with Crippen LogP contribution in [0.5, 0.6) is 0 Å². The molecule has 0 aliphatic heterocycles. The third kappa shape index (κ3) is 76.9. The van der Waals surface area contributed by atoms with Crippen LogP contribution in [0, 0.1) is 0 Å². The van der Waals surface area contributed by atoms with Crippen molar-refractivity contribution in [2.24, 2.45) is 0 Å². The van der Waals surface area contributed by atoms with Crippen LogP contribution >= 0.6 is 15.6 Å². The van der Waals surface area contributed by atoms with Crippen LogP contribution in [0.4, 0.5) is 0 Å². The van der Waals surface area contributed by atoms with Crippen LogP contribution in [0.3, 0.4) is 0 Å². The molecule has 0 aromatic rings. The standard InChI is InChI=1S/C83H144O16P2/c1-4-7-10-13-16-19-22-24-26-28-30-31-32-33-34-35-36-37-38-39-40-41-42-43-44-45-47-49-50-52-55-57-60-63-66-69-81(86)93-72-78(84)73-95-100(89,90)96-74-79(85)75-97-101(91,92)98-77-80(99-83(88)71-68-65-62-59-54-21-18-15-12-9-6-3)76-94-82(87)70-67-64-61-58-56-53-51-48-46-29-27-25-23-20-17-14-11-8-5-2/h8,11,16-17,19-20,24-27,30-31,33-34,46,48,53,56,61,64,78-80,84-85H,4-7,9-10,12-15,18,21-23,28-29,32,35-45,47,49-52,54-55,57-60,62-63,65-77H2,1-3H3,(H,89,90)(H,91,92)/b11-8-,19-16-,20-17-,26-24-,27-25-,31-30-,34-33-,48-46-,56-53-,64-61-. The lowest BCUT2D eigenvalue weighted by atomic mass is 10.0. The first-order valence-corrected chi connectivity index (χ1v) is 42.8. The molecule has 4 N–H and O–H groups in total. The van der Waals surface area contributed by atoms with Gasteiger partial charge in [-0.2, -0.15) is 0 Å². The Morgan fingerprint density at radius 1 is 0.287 bits per heavy atom. The Morgan fingerprint density at radius 3 is 0.911 bits per heavy atom. The zero-order chi connectivity index (χ0) is 73.7. The van der Waals surface area contributed by atoms with Crippen molar-refractivity contribution in [1.29, 1.82) is 0 Å². The molecule has 18 heteroatoms. The van der Waals surface area contributed by atoms with Crippen molar-refractivity contribution in [2.45, 2.75) is 347 Å². The van der Waals surface area contributed by atoms with E-state index in [0.717, 1.165) is 96.3 Å². The smallest absolute Gasteiger partial charge is 0.463 e. The van der Waals surface area contributed by atoms with Gasteiger partial charge in [-0.25, -0.2) is 9.13 Å². The maximum Gasteiger partial charge on any atom is 0.472 e. The summed E-state index contributed by atoms with van der Waals surface area (Å²) in [5.74, 6) is -1.67. The van der Waals surface area contributed by atoms with Gasteiger partial charge >= 0.3 is 33.6 Å². The Kier molecular flexibility index (Phi) is 72.6. The van der Waals surface area contributed by atoms with E-state index < -0.39 is 91.5 Å². The van der Waals surface area contributed by atoms with Crippen molar-refractivity contribution in [2.75, 3.05) is 39.6 Å². The topological polar surface area (TPSA) is 231 Å².